The fraction of sp³-hybridized carbons (Fsp3) is 0.214. The molecule has 0 saturated heterocycles. The maximum atomic E-state index is 13.4. The summed E-state index contributed by atoms with van der Waals surface area (Å²) in [5.41, 5.74) is 1.36. The van der Waals surface area contributed by atoms with Crippen LogP contribution >= 0.6 is 0 Å². The molecule has 190 valence electrons. The van der Waals surface area contributed by atoms with Crippen molar-refractivity contribution in [3.63, 3.8) is 0 Å². The Labute approximate surface area is 216 Å². The van der Waals surface area contributed by atoms with Gasteiger partial charge in [0.2, 0.25) is 21.7 Å². The van der Waals surface area contributed by atoms with Gasteiger partial charge in [-0.25, -0.2) is 18.4 Å². The summed E-state index contributed by atoms with van der Waals surface area (Å²) in [5.74, 6) is -0.957. The van der Waals surface area contributed by atoms with E-state index in [0.29, 0.717) is 18.8 Å². The summed E-state index contributed by atoms with van der Waals surface area (Å²) < 4.78 is 27.2. The molecule has 4 rings (SSSR count). The second-order valence-corrected chi connectivity index (χ2v) is 10.4. The molecule has 8 nitrogen and oxygen atoms in total. The molecule has 0 fully saturated rings. The number of aromatic nitrogens is 2. The minimum absolute atomic E-state index is 0.0258. The molecule has 0 spiro atoms. The van der Waals surface area contributed by atoms with Gasteiger partial charge in [-0.1, -0.05) is 50.2 Å². The number of hydrogen-bond acceptors (Lipinski definition) is 6. The molecular formula is C28H28N4O4S. The van der Waals surface area contributed by atoms with Crippen LogP contribution in [-0.2, 0) is 21.4 Å². The molecule has 37 heavy (non-hydrogen) atoms. The standard InChI is InChI=1S/C28H28N4O4S/c1-3-31(4-2)37(35,36)25-14-12-24(13-15-25)32(27(34)19-26(33)28-29-16-7-17-30-28)20-21-10-11-22-8-5-6-9-23(22)18-21/h5-18H,3-4,19-20H2,1-2H3. The van der Waals surface area contributed by atoms with E-state index < -0.39 is 28.1 Å². The van der Waals surface area contributed by atoms with E-state index in [0.717, 1.165) is 16.3 Å². The highest BCUT2D eigenvalue weighted by atomic mass is 32.2. The van der Waals surface area contributed by atoms with Crippen LogP contribution in [0.25, 0.3) is 10.8 Å². The topological polar surface area (TPSA) is 101 Å². The van der Waals surface area contributed by atoms with E-state index in [9.17, 15) is 18.0 Å². The van der Waals surface area contributed by atoms with Crippen LogP contribution in [-0.4, -0.2) is 47.5 Å². The van der Waals surface area contributed by atoms with Gasteiger partial charge in [0.15, 0.2) is 5.82 Å². The van der Waals surface area contributed by atoms with Crippen LogP contribution in [0.1, 0.15) is 36.5 Å². The molecule has 0 aliphatic carbocycles. The van der Waals surface area contributed by atoms with Gasteiger partial charge < -0.3 is 4.90 Å². The molecule has 4 aromatic rings. The van der Waals surface area contributed by atoms with E-state index in [1.54, 1.807) is 32.0 Å². The Morgan fingerprint density at radius 1 is 0.811 bits per heavy atom. The fourth-order valence-electron chi connectivity index (χ4n) is 4.11. The first-order chi connectivity index (χ1) is 17.8. The van der Waals surface area contributed by atoms with Crippen molar-refractivity contribution in [1.29, 1.82) is 0 Å². The molecule has 0 aliphatic heterocycles. The molecule has 0 radical (unpaired) electrons. The second kappa shape index (κ2) is 11.4. The number of amides is 1. The molecule has 3 aromatic carbocycles. The van der Waals surface area contributed by atoms with E-state index >= 15 is 0 Å². The number of benzene rings is 3. The van der Waals surface area contributed by atoms with Gasteiger partial charge in [-0.15, -0.1) is 0 Å². The van der Waals surface area contributed by atoms with Gasteiger partial charge in [-0.2, -0.15) is 4.31 Å². The van der Waals surface area contributed by atoms with Gasteiger partial charge in [0.1, 0.15) is 0 Å². The number of ketones is 1. The number of anilines is 1. The Hall–Kier alpha value is -3.95. The molecule has 0 N–H and O–H groups in total. The molecule has 0 saturated carbocycles. The Balaban J connectivity index is 1.66. The average Bonchev–Trinajstić information content (AvgIpc) is 2.92. The summed E-state index contributed by atoms with van der Waals surface area (Å²) >= 11 is 0. The minimum atomic E-state index is -3.64. The summed E-state index contributed by atoms with van der Waals surface area (Å²) in [4.78, 5) is 35.6. The van der Waals surface area contributed by atoms with E-state index in [2.05, 4.69) is 9.97 Å². The maximum absolute atomic E-state index is 13.4. The van der Waals surface area contributed by atoms with E-state index in [-0.39, 0.29) is 17.3 Å². The van der Waals surface area contributed by atoms with Crippen LogP contribution in [0.4, 0.5) is 5.69 Å². The largest absolute Gasteiger partial charge is 0.308 e. The Kier molecular flexibility index (Phi) is 8.05. The zero-order valence-electron chi connectivity index (χ0n) is 20.7. The lowest BCUT2D eigenvalue weighted by molar-refractivity contribution is -0.117. The third-order valence-electron chi connectivity index (χ3n) is 6.07. The number of fused-ring (bicyclic) bond motifs is 1. The van der Waals surface area contributed by atoms with E-state index in [4.69, 9.17) is 0 Å². The summed E-state index contributed by atoms with van der Waals surface area (Å²) in [6.07, 6.45) is 2.48. The van der Waals surface area contributed by atoms with Crippen LogP contribution in [0.2, 0.25) is 0 Å². The summed E-state index contributed by atoms with van der Waals surface area (Å²) in [5, 5.41) is 2.10. The van der Waals surface area contributed by atoms with Gasteiger partial charge in [-0.3, -0.25) is 9.59 Å². The Morgan fingerprint density at radius 2 is 1.46 bits per heavy atom. The maximum Gasteiger partial charge on any atom is 0.243 e. The van der Waals surface area contributed by atoms with Gasteiger partial charge >= 0.3 is 0 Å². The highest BCUT2D eigenvalue weighted by Crippen LogP contribution is 2.25. The zero-order chi connectivity index (χ0) is 26.4. The molecule has 0 aliphatic rings. The van der Waals surface area contributed by atoms with Crippen molar-refractivity contribution >= 4 is 38.2 Å². The third kappa shape index (κ3) is 5.90. The predicted octanol–water partition coefficient (Wildman–Crippen LogP) is 4.47. The van der Waals surface area contributed by atoms with Gasteiger partial charge in [0.25, 0.3) is 0 Å². The van der Waals surface area contributed by atoms with Gasteiger partial charge in [0.05, 0.1) is 17.9 Å². The summed E-state index contributed by atoms with van der Waals surface area (Å²) in [7, 11) is -3.64. The number of rotatable bonds is 10. The van der Waals surface area contributed by atoms with Crippen molar-refractivity contribution in [2.24, 2.45) is 0 Å². The van der Waals surface area contributed by atoms with E-state index in [1.165, 1.54) is 33.7 Å². The monoisotopic (exact) mass is 516 g/mol. The first kappa shape index (κ1) is 26.1. The van der Waals surface area contributed by atoms with Crippen LogP contribution in [0.3, 0.4) is 0 Å². The number of carbonyl (C=O) groups is 2. The SMILES string of the molecule is CCN(CC)S(=O)(=O)c1ccc(N(Cc2ccc3ccccc3c2)C(=O)CC(=O)c2ncccn2)cc1. The molecule has 1 amide bonds. The van der Waals surface area contributed by atoms with Gasteiger partial charge in [-0.05, 0) is 52.7 Å². The average molecular weight is 517 g/mol. The quantitative estimate of drug-likeness (QED) is 0.228. The van der Waals surface area contributed by atoms with E-state index in [1.807, 2.05) is 42.5 Å². The van der Waals surface area contributed by atoms with Crippen molar-refractivity contribution in [3.05, 3.63) is 96.6 Å². The Bertz CT molecular complexity index is 1500. The molecule has 1 heterocycles. The molecule has 0 atom stereocenters. The first-order valence-corrected chi connectivity index (χ1v) is 13.5. The highest BCUT2D eigenvalue weighted by molar-refractivity contribution is 7.89. The number of hydrogen-bond donors (Lipinski definition) is 0. The van der Waals surface area contributed by atoms with Crippen molar-refractivity contribution in [2.75, 3.05) is 18.0 Å². The summed E-state index contributed by atoms with van der Waals surface area (Å²) in [6, 6.07) is 21.6. The lowest BCUT2D eigenvalue weighted by Crippen LogP contribution is -2.33. The zero-order valence-corrected chi connectivity index (χ0v) is 21.6. The van der Waals surface area contributed by atoms with Crippen LogP contribution in [0.15, 0.2) is 90.1 Å². The van der Waals surface area contributed by atoms with Crippen LogP contribution in [0, 0.1) is 0 Å². The lowest BCUT2D eigenvalue weighted by Gasteiger charge is -2.24. The molecule has 9 heteroatoms. The molecular weight excluding hydrogens is 488 g/mol. The van der Waals surface area contributed by atoms with Crippen molar-refractivity contribution in [1.82, 2.24) is 14.3 Å². The number of sulfonamides is 1. The summed E-state index contributed by atoms with van der Waals surface area (Å²) in [6.45, 7) is 4.49. The fourth-order valence-corrected chi connectivity index (χ4v) is 5.57. The van der Waals surface area contributed by atoms with Crippen molar-refractivity contribution in [2.45, 2.75) is 31.7 Å². The molecule has 0 bridgehead atoms. The third-order valence-corrected chi connectivity index (χ3v) is 8.14. The van der Waals surface area contributed by atoms with Crippen molar-refractivity contribution in [3.8, 4) is 0 Å². The first-order valence-electron chi connectivity index (χ1n) is 12.0. The van der Waals surface area contributed by atoms with Gasteiger partial charge in [0, 0.05) is 31.2 Å². The number of Topliss-reactive ketones (excluding diaryl/α,β-unsaturated/α-hetero) is 1. The molecule has 1 aromatic heterocycles. The minimum Gasteiger partial charge on any atom is -0.308 e. The number of carbonyl (C=O) groups excluding carboxylic acids is 2. The Morgan fingerprint density at radius 3 is 2.11 bits per heavy atom. The van der Waals surface area contributed by atoms with Crippen molar-refractivity contribution < 1.29 is 18.0 Å². The molecule has 0 unspecified atom stereocenters. The van der Waals surface area contributed by atoms with Crippen LogP contribution in [0.5, 0.6) is 0 Å². The van der Waals surface area contributed by atoms with Crippen LogP contribution < -0.4 is 4.90 Å². The second-order valence-electron chi connectivity index (χ2n) is 8.42. The lowest BCUT2D eigenvalue weighted by atomic mass is 10.1. The predicted molar refractivity (Wildman–Crippen MR) is 143 cm³/mol. The normalized spacial score (nSPS) is 11.5. The number of nitrogens with zero attached hydrogens (tertiary/aromatic N) is 4. The smallest absolute Gasteiger partial charge is 0.243 e. The highest BCUT2D eigenvalue weighted by Gasteiger charge is 2.24.